The lowest BCUT2D eigenvalue weighted by atomic mass is 10.0. The van der Waals surface area contributed by atoms with Crippen LogP contribution in [0.1, 0.15) is 52.4 Å². The minimum absolute atomic E-state index is 1.13. The van der Waals surface area contributed by atoms with Crippen LogP contribution < -0.4 is 0 Å². The zero-order chi connectivity index (χ0) is 9.23. The second kappa shape index (κ2) is 8.58. The molecule has 0 aromatic heterocycles. The smallest absolute Gasteiger partial charge is 0.0286 e. The van der Waals surface area contributed by atoms with Crippen molar-refractivity contribution in [1.29, 1.82) is 0 Å². The van der Waals surface area contributed by atoms with Gasteiger partial charge in [-0.3, -0.25) is 0 Å². The van der Waals surface area contributed by atoms with Crippen LogP contribution in [0.25, 0.3) is 0 Å². The van der Waals surface area contributed by atoms with Crippen LogP contribution in [0.3, 0.4) is 0 Å². The summed E-state index contributed by atoms with van der Waals surface area (Å²) in [6.45, 7) is 8.13. The molecule has 0 aromatic carbocycles. The van der Waals surface area contributed by atoms with E-state index in [1.54, 1.807) is 5.57 Å². The second-order valence-electron chi connectivity index (χ2n) is 3.23. The SMILES string of the molecule is C=CCCC(=CC)CCCCC. The minimum Gasteiger partial charge on any atom is -0.103 e. The van der Waals surface area contributed by atoms with Crippen molar-refractivity contribution in [2.45, 2.75) is 52.4 Å². The molecule has 0 bridgehead atoms. The van der Waals surface area contributed by atoms with Gasteiger partial charge < -0.3 is 0 Å². The lowest BCUT2D eigenvalue weighted by Crippen LogP contribution is -1.83. The molecule has 0 unspecified atom stereocenters. The average Bonchev–Trinajstić information content (AvgIpc) is 2.11. The van der Waals surface area contributed by atoms with E-state index >= 15 is 0 Å². The van der Waals surface area contributed by atoms with E-state index in [-0.39, 0.29) is 0 Å². The monoisotopic (exact) mass is 166 g/mol. The maximum Gasteiger partial charge on any atom is -0.0286 e. The molecule has 0 fully saturated rings. The number of allylic oxidation sites excluding steroid dienone is 3. The molecule has 0 N–H and O–H groups in total. The molecule has 0 aliphatic carbocycles. The van der Waals surface area contributed by atoms with Crippen LogP contribution in [0.2, 0.25) is 0 Å². The van der Waals surface area contributed by atoms with Crippen LogP contribution in [0.15, 0.2) is 24.3 Å². The third-order valence-electron chi connectivity index (χ3n) is 2.18. The molecule has 0 radical (unpaired) electrons. The van der Waals surface area contributed by atoms with E-state index in [0.717, 1.165) is 6.42 Å². The van der Waals surface area contributed by atoms with E-state index in [1.807, 2.05) is 6.08 Å². The van der Waals surface area contributed by atoms with E-state index in [0.29, 0.717) is 0 Å². The zero-order valence-corrected chi connectivity index (χ0v) is 8.60. The van der Waals surface area contributed by atoms with Gasteiger partial charge >= 0.3 is 0 Å². The van der Waals surface area contributed by atoms with Gasteiger partial charge in [0.15, 0.2) is 0 Å². The van der Waals surface area contributed by atoms with Crippen molar-refractivity contribution in [3.63, 3.8) is 0 Å². The van der Waals surface area contributed by atoms with Gasteiger partial charge in [0.2, 0.25) is 0 Å². The highest BCUT2D eigenvalue weighted by Gasteiger charge is 1.94. The highest BCUT2D eigenvalue weighted by Crippen LogP contribution is 2.14. The number of rotatable bonds is 7. The summed E-state index contributed by atoms with van der Waals surface area (Å²) in [6.07, 6.45) is 11.9. The lowest BCUT2D eigenvalue weighted by Gasteiger charge is -2.03. The first-order chi connectivity index (χ1) is 5.85. The van der Waals surface area contributed by atoms with Gasteiger partial charge in [0.1, 0.15) is 0 Å². The molecule has 0 aromatic rings. The molecular weight excluding hydrogens is 144 g/mol. The zero-order valence-electron chi connectivity index (χ0n) is 8.60. The van der Waals surface area contributed by atoms with Crippen LogP contribution in [0.4, 0.5) is 0 Å². The Labute approximate surface area is 77.4 Å². The van der Waals surface area contributed by atoms with E-state index in [1.165, 1.54) is 32.1 Å². The third kappa shape index (κ3) is 6.21. The largest absolute Gasteiger partial charge is 0.103 e. The van der Waals surface area contributed by atoms with Crippen molar-refractivity contribution < 1.29 is 0 Å². The van der Waals surface area contributed by atoms with Crippen molar-refractivity contribution >= 4 is 0 Å². The summed E-state index contributed by atoms with van der Waals surface area (Å²) in [6, 6.07) is 0. The molecule has 0 aliphatic rings. The Morgan fingerprint density at radius 3 is 2.50 bits per heavy atom. The summed E-state index contributed by atoms with van der Waals surface area (Å²) >= 11 is 0. The molecule has 0 aliphatic heterocycles. The molecule has 0 heterocycles. The summed E-state index contributed by atoms with van der Waals surface area (Å²) in [7, 11) is 0. The van der Waals surface area contributed by atoms with Gasteiger partial charge in [0.25, 0.3) is 0 Å². The number of hydrogen-bond acceptors (Lipinski definition) is 0. The second-order valence-corrected chi connectivity index (χ2v) is 3.23. The third-order valence-corrected chi connectivity index (χ3v) is 2.18. The summed E-state index contributed by atoms with van der Waals surface area (Å²) in [5.74, 6) is 0. The Morgan fingerprint density at radius 1 is 1.25 bits per heavy atom. The highest BCUT2D eigenvalue weighted by molar-refractivity contribution is 5.01. The van der Waals surface area contributed by atoms with Gasteiger partial charge in [-0.15, -0.1) is 6.58 Å². The molecule has 0 nitrogen and oxygen atoms in total. The molecule has 0 spiro atoms. The first-order valence-corrected chi connectivity index (χ1v) is 5.10. The van der Waals surface area contributed by atoms with E-state index in [2.05, 4.69) is 26.5 Å². The topological polar surface area (TPSA) is 0 Å². The Balaban J connectivity index is 3.47. The quantitative estimate of drug-likeness (QED) is 0.386. The van der Waals surface area contributed by atoms with Crippen LogP contribution in [-0.4, -0.2) is 0 Å². The standard InChI is InChI=1S/C12H22/c1-4-7-9-11-12(6-3)10-8-5-2/h5-6H,2,4,7-11H2,1,3H3. The molecular formula is C12H22. The van der Waals surface area contributed by atoms with Crippen LogP contribution in [0.5, 0.6) is 0 Å². The fourth-order valence-electron chi connectivity index (χ4n) is 1.30. The average molecular weight is 166 g/mol. The Bertz CT molecular complexity index is 131. The van der Waals surface area contributed by atoms with Gasteiger partial charge in [-0.1, -0.05) is 37.5 Å². The molecule has 0 heteroatoms. The van der Waals surface area contributed by atoms with Crippen LogP contribution >= 0.6 is 0 Å². The van der Waals surface area contributed by atoms with Crippen molar-refractivity contribution in [2.75, 3.05) is 0 Å². The molecule has 12 heavy (non-hydrogen) atoms. The number of unbranched alkanes of at least 4 members (excludes halogenated alkanes) is 2. The Hall–Kier alpha value is -0.520. The molecule has 0 saturated heterocycles. The Morgan fingerprint density at radius 2 is 2.00 bits per heavy atom. The maximum absolute atomic E-state index is 3.74. The van der Waals surface area contributed by atoms with Crippen molar-refractivity contribution in [2.24, 2.45) is 0 Å². The van der Waals surface area contributed by atoms with Gasteiger partial charge in [0.05, 0.1) is 0 Å². The van der Waals surface area contributed by atoms with E-state index < -0.39 is 0 Å². The molecule has 0 saturated carbocycles. The van der Waals surface area contributed by atoms with E-state index in [9.17, 15) is 0 Å². The summed E-state index contributed by atoms with van der Waals surface area (Å²) in [5.41, 5.74) is 1.60. The van der Waals surface area contributed by atoms with E-state index in [4.69, 9.17) is 0 Å². The molecule has 0 amide bonds. The van der Waals surface area contributed by atoms with Gasteiger partial charge in [0, 0.05) is 0 Å². The number of hydrogen-bond donors (Lipinski definition) is 0. The van der Waals surface area contributed by atoms with Crippen molar-refractivity contribution in [1.82, 2.24) is 0 Å². The summed E-state index contributed by atoms with van der Waals surface area (Å²) in [5, 5.41) is 0. The molecule has 0 atom stereocenters. The van der Waals surface area contributed by atoms with Gasteiger partial charge in [-0.05, 0) is 32.6 Å². The normalized spacial score (nSPS) is 11.7. The first kappa shape index (κ1) is 11.5. The lowest BCUT2D eigenvalue weighted by molar-refractivity contribution is 0.695. The Kier molecular flexibility index (Phi) is 8.20. The fourth-order valence-corrected chi connectivity index (χ4v) is 1.30. The highest BCUT2D eigenvalue weighted by atomic mass is 14.0. The molecule has 70 valence electrons. The maximum atomic E-state index is 3.74. The fraction of sp³-hybridized carbons (Fsp3) is 0.667. The van der Waals surface area contributed by atoms with Gasteiger partial charge in [-0.2, -0.15) is 0 Å². The molecule has 0 rings (SSSR count). The minimum atomic E-state index is 1.13. The first-order valence-electron chi connectivity index (χ1n) is 5.10. The predicted molar refractivity (Wildman–Crippen MR) is 57.3 cm³/mol. The van der Waals surface area contributed by atoms with Crippen molar-refractivity contribution in [3.05, 3.63) is 24.3 Å². The summed E-state index contributed by atoms with van der Waals surface area (Å²) in [4.78, 5) is 0. The van der Waals surface area contributed by atoms with Crippen LogP contribution in [-0.2, 0) is 0 Å². The van der Waals surface area contributed by atoms with Crippen molar-refractivity contribution in [3.8, 4) is 0 Å². The van der Waals surface area contributed by atoms with Gasteiger partial charge in [-0.25, -0.2) is 0 Å². The van der Waals surface area contributed by atoms with Crippen LogP contribution in [0, 0.1) is 0 Å². The predicted octanol–water partition coefficient (Wildman–Crippen LogP) is 4.48. The summed E-state index contributed by atoms with van der Waals surface area (Å²) < 4.78 is 0.